The minimum Gasteiger partial charge on any atom is -0.492 e. The third kappa shape index (κ3) is 6.15. The number of carbonyl (C=O) groups excluding carboxylic acids is 2. The highest BCUT2D eigenvalue weighted by atomic mass is 32.2. The second-order valence-corrected chi connectivity index (χ2v) is 6.48. The number of hydrogen-bond acceptors (Lipinski definition) is 4. The Morgan fingerprint density at radius 1 is 1.12 bits per heavy atom. The van der Waals surface area contributed by atoms with Gasteiger partial charge in [0.25, 0.3) is 5.91 Å². The van der Waals surface area contributed by atoms with E-state index in [0.717, 1.165) is 17.1 Å². The van der Waals surface area contributed by atoms with Gasteiger partial charge < -0.3 is 15.4 Å². The van der Waals surface area contributed by atoms with Crippen LogP contribution in [-0.2, 0) is 4.79 Å². The molecular weight excluding hydrogens is 336 g/mol. The maximum Gasteiger partial charge on any atom is 0.251 e. The maximum absolute atomic E-state index is 12.0. The molecule has 0 radical (unpaired) electrons. The molecule has 5 nitrogen and oxygen atoms in total. The van der Waals surface area contributed by atoms with E-state index in [1.54, 1.807) is 31.3 Å². The fourth-order valence-corrected chi connectivity index (χ4v) is 2.78. The molecule has 2 aromatic rings. The molecule has 132 valence electrons. The van der Waals surface area contributed by atoms with Gasteiger partial charge in [-0.15, -0.1) is 11.8 Å². The molecule has 0 aliphatic rings. The highest BCUT2D eigenvalue weighted by Gasteiger charge is 2.07. The van der Waals surface area contributed by atoms with Crippen LogP contribution in [0.1, 0.15) is 15.9 Å². The third-order valence-electron chi connectivity index (χ3n) is 3.45. The Bertz CT molecular complexity index is 734. The first-order chi connectivity index (χ1) is 12.1. The topological polar surface area (TPSA) is 67.4 Å². The number of anilines is 1. The van der Waals surface area contributed by atoms with E-state index in [1.807, 2.05) is 31.2 Å². The first-order valence-corrected chi connectivity index (χ1v) is 9.14. The summed E-state index contributed by atoms with van der Waals surface area (Å²) in [6.45, 7) is 2.55. The molecule has 0 unspecified atom stereocenters. The van der Waals surface area contributed by atoms with Gasteiger partial charge >= 0.3 is 0 Å². The van der Waals surface area contributed by atoms with Crippen molar-refractivity contribution in [3.8, 4) is 5.75 Å². The van der Waals surface area contributed by atoms with Crippen LogP contribution in [0.2, 0.25) is 0 Å². The summed E-state index contributed by atoms with van der Waals surface area (Å²) in [5.41, 5.74) is 2.23. The van der Waals surface area contributed by atoms with Crippen molar-refractivity contribution in [2.75, 3.05) is 30.5 Å². The van der Waals surface area contributed by atoms with Crippen molar-refractivity contribution in [1.82, 2.24) is 5.32 Å². The lowest BCUT2D eigenvalue weighted by Crippen LogP contribution is -2.19. The van der Waals surface area contributed by atoms with Gasteiger partial charge in [0.15, 0.2) is 0 Å². The number of carbonyl (C=O) groups is 2. The van der Waals surface area contributed by atoms with E-state index in [9.17, 15) is 9.59 Å². The molecule has 0 heterocycles. The van der Waals surface area contributed by atoms with Crippen molar-refractivity contribution in [2.24, 2.45) is 0 Å². The Morgan fingerprint density at radius 3 is 2.68 bits per heavy atom. The zero-order valence-corrected chi connectivity index (χ0v) is 15.2. The Labute approximate surface area is 152 Å². The first kappa shape index (κ1) is 18.9. The van der Waals surface area contributed by atoms with E-state index in [2.05, 4.69) is 10.6 Å². The predicted molar refractivity (Wildman–Crippen MR) is 102 cm³/mol. The molecule has 2 rings (SSSR count). The molecule has 2 N–H and O–H groups in total. The van der Waals surface area contributed by atoms with E-state index < -0.39 is 0 Å². The number of nitrogens with one attached hydrogen (secondary N) is 2. The second kappa shape index (κ2) is 9.74. The summed E-state index contributed by atoms with van der Waals surface area (Å²) in [4.78, 5) is 23.6. The number of aryl methyl sites for hydroxylation is 1. The standard InChI is InChI=1S/C19H22N2O3S/c1-14-6-3-4-9-17(14)24-10-11-25-13-18(22)21-16-8-5-7-15(12-16)19(23)20-2/h3-9,12H,10-11,13H2,1-2H3,(H,20,23)(H,21,22). The zero-order chi connectivity index (χ0) is 18.1. The summed E-state index contributed by atoms with van der Waals surface area (Å²) >= 11 is 1.50. The number of benzene rings is 2. The summed E-state index contributed by atoms with van der Waals surface area (Å²) in [6.07, 6.45) is 0. The van der Waals surface area contributed by atoms with Gasteiger partial charge in [-0.05, 0) is 36.8 Å². The van der Waals surface area contributed by atoms with E-state index in [4.69, 9.17) is 4.74 Å². The van der Waals surface area contributed by atoms with Gasteiger partial charge in [0.1, 0.15) is 5.75 Å². The molecule has 0 saturated heterocycles. The van der Waals surface area contributed by atoms with E-state index in [0.29, 0.717) is 23.6 Å². The normalized spacial score (nSPS) is 10.2. The number of para-hydroxylation sites is 1. The van der Waals surface area contributed by atoms with Gasteiger partial charge in [-0.1, -0.05) is 24.3 Å². The van der Waals surface area contributed by atoms with Crippen molar-refractivity contribution in [1.29, 1.82) is 0 Å². The Morgan fingerprint density at radius 2 is 1.92 bits per heavy atom. The van der Waals surface area contributed by atoms with Crippen molar-refractivity contribution >= 4 is 29.3 Å². The van der Waals surface area contributed by atoms with Gasteiger partial charge in [-0.2, -0.15) is 0 Å². The number of rotatable bonds is 8. The van der Waals surface area contributed by atoms with Crippen molar-refractivity contribution in [3.05, 3.63) is 59.7 Å². The van der Waals surface area contributed by atoms with Crippen LogP contribution in [0.4, 0.5) is 5.69 Å². The number of amides is 2. The second-order valence-electron chi connectivity index (χ2n) is 5.37. The van der Waals surface area contributed by atoms with Gasteiger partial charge in [-0.3, -0.25) is 9.59 Å². The SMILES string of the molecule is CNC(=O)c1cccc(NC(=O)CSCCOc2ccccc2C)c1. The Balaban J connectivity index is 1.71. The van der Waals surface area contributed by atoms with Crippen LogP contribution in [0.3, 0.4) is 0 Å². The molecule has 2 aromatic carbocycles. The number of hydrogen-bond donors (Lipinski definition) is 2. The molecule has 0 saturated carbocycles. The molecule has 0 atom stereocenters. The maximum atomic E-state index is 12.0. The molecule has 0 aliphatic carbocycles. The summed E-state index contributed by atoms with van der Waals surface area (Å²) in [5.74, 6) is 1.65. The van der Waals surface area contributed by atoms with Crippen LogP contribution in [-0.4, -0.2) is 37.0 Å². The van der Waals surface area contributed by atoms with Crippen LogP contribution in [0.5, 0.6) is 5.75 Å². The third-order valence-corrected chi connectivity index (χ3v) is 4.37. The van der Waals surface area contributed by atoms with E-state index >= 15 is 0 Å². The lowest BCUT2D eigenvalue weighted by Gasteiger charge is -2.09. The molecule has 0 aliphatic heterocycles. The average Bonchev–Trinajstić information content (AvgIpc) is 2.62. The Kier molecular flexibility index (Phi) is 7.35. The van der Waals surface area contributed by atoms with Gasteiger partial charge in [0.2, 0.25) is 5.91 Å². The molecule has 0 fully saturated rings. The molecule has 0 bridgehead atoms. The summed E-state index contributed by atoms with van der Waals surface area (Å²) < 4.78 is 5.69. The quantitative estimate of drug-likeness (QED) is 0.712. The molecule has 25 heavy (non-hydrogen) atoms. The Hall–Kier alpha value is -2.47. The summed E-state index contributed by atoms with van der Waals surface area (Å²) in [6, 6.07) is 14.7. The first-order valence-electron chi connectivity index (χ1n) is 7.98. The molecule has 6 heteroatoms. The number of thioether (sulfide) groups is 1. The van der Waals surface area contributed by atoms with Crippen molar-refractivity contribution in [2.45, 2.75) is 6.92 Å². The van der Waals surface area contributed by atoms with Crippen molar-refractivity contribution < 1.29 is 14.3 Å². The van der Waals surface area contributed by atoms with Gasteiger partial charge in [-0.25, -0.2) is 0 Å². The number of ether oxygens (including phenoxy) is 1. The smallest absolute Gasteiger partial charge is 0.251 e. The van der Waals surface area contributed by atoms with Crippen LogP contribution in [0.15, 0.2) is 48.5 Å². The van der Waals surface area contributed by atoms with Crippen LogP contribution >= 0.6 is 11.8 Å². The minimum absolute atomic E-state index is 0.102. The molecule has 0 spiro atoms. The zero-order valence-electron chi connectivity index (χ0n) is 14.4. The van der Waals surface area contributed by atoms with Crippen LogP contribution < -0.4 is 15.4 Å². The van der Waals surface area contributed by atoms with Crippen LogP contribution in [0, 0.1) is 6.92 Å². The minimum atomic E-state index is -0.182. The van der Waals surface area contributed by atoms with Crippen molar-refractivity contribution in [3.63, 3.8) is 0 Å². The highest BCUT2D eigenvalue weighted by molar-refractivity contribution is 7.99. The fourth-order valence-electron chi connectivity index (χ4n) is 2.17. The summed E-state index contributed by atoms with van der Waals surface area (Å²) in [5, 5.41) is 5.36. The van der Waals surface area contributed by atoms with Gasteiger partial charge in [0, 0.05) is 24.1 Å². The molecular formula is C19H22N2O3S. The molecule has 0 aromatic heterocycles. The van der Waals surface area contributed by atoms with Crippen LogP contribution in [0.25, 0.3) is 0 Å². The molecule has 2 amide bonds. The highest BCUT2D eigenvalue weighted by Crippen LogP contribution is 2.16. The fraction of sp³-hybridized carbons (Fsp3) is 0.263. The monoisotopic (exact) mass is 358 g/mol. The predicted octanol–water partition coefficient (Wildman–Crippen LogP) is 3.11. The van der Waals surface area contributed by atoms with E-state index in [-0.39, 0.29) is 11.8 Å². The van der Waals surface area contributed by atoms with Gasteiger partial charge in [0.05, 0.1) is 12.4 Å². The lowest BCUT2D eigenvalue weighted by atomic mass is 10.2. The lowest BCUT2D eigenvalue weighted by molar-refractivity contribution is -0.113. The van der Waals surface area contributed by atoms with E-state index in [1.165, 1.54) is 11.8 Å². The average molecular weight is 358 g/mol. The summed E-state index contributed by atoms with van der Waals surface area (Å²) in [7, 11) is 1.57. The largest absolute Gasteiger partial charge is 0.492 e.